The second-order valence-electron chi connectivity index (χ2n) is 5.58. The highest BCUT2D eigenvalue weighted by atomic mass is 15.3. The highest BCUT2D eigenvalue weighted by molar-refractivity contribution is 6.00. The van der Waals surface area contributed by atoms with Crippen LogP contribution in [0.5, 0.6) is 0 Å². The van der Waals surface area contributed by atoms with E-state index in [9.17, 15) is 0 Å². The molecule has 0 aliphatic carbocycles. The first-order valence-corrected chi connectivity index (χ1v) is 7.19. The topological polar surface area (TPSA) is 64.3 Å². The molecule has 4 aromatic rings. The lowest BCUT2D eigenvalue weighted by Gasteiger charge is -2.25. The van der Waals surface area contributed by atoms with E-state index in [1.807, 2.05) is 24.9 Å². The summed E-state index contributed by atoms with van der Waals surface area (Å²) in [6.45, 7) is 0.905. The first-order chi connectivity index (χ1) is 10.4. The van der Waals surface area contributed by atoms with Gasteiger partial charge in [0.25, 0.3) is 0 Å². The Balaban J connectivity index is 1.69. The average Bonchev–Trinajstić information content (AvgIpc) is 3.23. The third-order valence-electron chi connectivity index (χ3n) is 4.43. The SMILES string of the molecule is c1cc2n(n1)CC(n1cnc3cnc4[nH]ccc4c31)CC2. The van der Waals surface area contributed by atoms with Crippen LogP contribution < -0.4 is 0 Å². The average molecular weight is 278 g/mol. The summed E-state index contributed by atoms with van der Waals surface area (Å²) in [5.74, 6) is 0. The van der Waals surface area contributed by atoms with Gasteiger partial charge >= 0.3 is 0 Å². The van der Waals surface area contributed by atoms with Gasteiger partial charge in [0.05, 0.1) is 30.6 Å². The highest BCUT2D eigenvalue weighted by Crippen LogP contribution is 2.30. The smallest absolute Gasteiger partial charge is 0.139 e. The molecule has 0 radical (unpaired) electrons. The van der Waals surface area contributed by atoms with Gasteiger partial charge in [0.2, 0.25) is 0 Å². The molecular weight excluding hydrogens is 264 g/mol. The van der Waals surface area contributed by atoms with E-state index in [2.05, 4.69) is 41.4 Å². The van der Waals surface area contributed by atoms with Gasteiger partial charge in [0, 0.05) is 23.5 Å². The molecule has 0 saturated carbocycles. The summed E-state index contributed by atoms with van der Waals surface area (Å²) in [5.41, 5.74) is 4.36. The van der Waals surface area contributed by atoms with Crippen molar-refractivity contribution in [2.24, 2.45) is 0 Å². The Hall–Kier alpha value is -2.63. The molecule has 1 aliphatic heterocycles. The Morgan fingerprint density at radius 1 is 1.24 bits per heavy atom. The molecule has 1 N–H and O–H groups in total. The minimum atomic E-state index is 0.392. The normalized spacial score (nSPS) is 18.4. The van der Waals surface area contributed by atoms with E-state index >= 15 is 0 Å². The molecule has 1 unspecified atom stereocenters. The fraction of sp³-hybridized carbons (Fsp3) is 0.267. The van der Waals surface area contributed by atoms with Crippen LogP contribution in [-0.2, 0) is 13.0 Å². The number of nitrogens with zero attached hydrogens (tertiary/aromatic N) is 5. The third-order valence-corrected chi connectivity index (χ3v) is 4.43. The molecule has 0 aromatic carbocycles. The third kappa shape index (κ3) is 1.50. The van der Waals surface area contributed by atoms with Crippen LogP contribution in [0.15, 0.2) is 37.1 Å². The number of hydrogen-bond acceptors (Lipinski definition) is 3. The van der Waals surface area contributed by atoms with Gasteiger partial charge in [0.15, 0.2) is 0 Å². The Labute approximate surface area is 120 Å². The second kappa shape index (κ2) is 3.94. The molecule has 0 fully saturated rings. The molecule has 6 heteroatoms. The summed E-state index contributed by atoms with van der Waals surface area (Å²) >= 11 is 0. The maximum atomic E-state index is 4.52. The van der Waals surface area contributed by atoms with Gasteiger partial charge in [-0.3, -0.25) is 4.68 Å². The molecule has 1 aliphatic rings. The van der Waals surface area contributed by atoms with E-state index in [0.29, 0.717) is 6.04 Å². The van der Waals surface area contributed by atoms with Gasteiger partial charge in [-0.15, -0.1) is 0 Å². The lowest BCUT2D eigenvalue weighted by atomic mass is 10.1. The molecule has 4 aromatic heterocycles. The minimum Gasteiger partial charge on any atom is -0.346 e. The molecule has 21 heavy (non-hydrogen) atoms. The Morgan fingerprint density at radius 3 is 3.24 bits per heavy atom. The van der Waals surface area contributed by atoms with Crippen LogP contribution >= 0.6 is 0 Å². The first-order valence-electron chi connectivity index (χ1n) is 7.19. The standard InChI is InChI=1S/C15H14N6/c1-2-11(8-21-10(1)3-6-19-21)20-9-18-13-7-17-15-12(14(13)20)4-5-16-15/h3-7,9,11H,1-2,8H2,(H,16,17). The lowest BCUT2D eigenvalue weighted by Crippen LogP contribution is -2.23. The summed E-state index contributed by atoms with van der Waals surface area (Å²) < 4.78 is 4.40. The monoisotopic (exact) mass is 278 g/mol. The van der Waals surface area contributed by atoms with Crippen LogP contribution in [0.1, 0.15) is 18.2 Å². The summed E-state index contributed by atoms with van der Waals surface area (Å²) in [7, 11) is 0. The number of aromatic nitrogens is 6. The molecule has 5 heterocycles. The number of imidazole rings is 1. The summed E-state index contributed by atoms with van der Waals surface area (Å²) in [5, 5.41) is 5.55. The predicted octanol–water partition coefficient (Wildman–Crippen LogP) is 2.30. The van der Waals surface area contributed by atoms with Crippen molar-refractivity contribution in [3.05, 3.63) is 42.7 Å². The minimum absolute atomic E-state index is 0.392. The van der Waals surface area contributed by atoms with Crippen molar-refractivity contribution in [1.29, 1.82) is 0 Å². The van der Waals surface area contributed by atoms with Crippen LogP contribution in [0.2, 0.25) is 0 Å². The van der Waals surface area contributed by atoms with E-state index in [1.165, 1.54) is 11.2 Å². The number of aromatic amines is 1. The van der Waals surface area contributed by atoms with E-state index in [-0.39, 0.29) is 0 Å². The number of fused-ring (bicyclic) bond motifs is 4. The summed E-state index contributed by atoms with van der Waals surface area (Å²) in [6, 6.07) is 4.57. The van der Waals surface area contributed by atoms with Crippen molar-refractivity contribution in [2.75, 3.05) is 0 Å². The maximum Gasteiger partial charge on any atom is 0.139 e. The van der Waals surface area contributed by atoms with Gasteiger partial charge < -0.3 is 9.55 Å². The van der Waals surface area contributed by atoms with E-state index in [0.717, 1.165) is 35.9 Å². The zero-order valence-corrected chi connectivity index (χ0v) is 11.4. The Morgan fingerprint density at radius 2 is 2.24 bits per heavy atom. The number of nitrogens with one attached hydrogen (secondary N) is 1. The highest BCUT2D eigenvalue weighted by Gasteiger charge is 2.22. The van der Waals surface area contributed by atoms with Gasteiger partial charge in [-0.2, -0.15) is 5.10 Å². The van der Waals surface area contributed by atoms with E-state index < -0.39 is 0 Å². The van der Waals surface area contributed by atoms with Crippen LogP contribution in [0.4, 0.5) is 0 Å². The molecule has 104 valence electrons. The number of rotatable bonds is 1. The lowest BCUT2D eigenvalue weighted by molar-refractivity contribution is 0.348. The molecule has 6 nitrogen and oxygen atoms in total. The largest absolute Gasteiger partial charge is 0.346 e. The molecule has 1 atom stereocenters. The molecule has 0 saturated heterocycles. The molecule has 5 rings (SSSR count). The molecule has 0 bridgehead atoms. The van der Waals surface area contributed by atoms with E-state index in [1.54, 1.807) is 0 Å². The number of hydrogen-bond donors (Lipinski definition) is 1. The second-order valence-corrected chi connectivity index (χ2v) is 5.58. The van der Waals surface area contributed by atoms with Crippen molar-refractivity contribution >= 4 is 22.1 Å². The van der Waals surface area contributed by atoms with Gasteiger partial charge in [-0.25, -0.2) is 9.97 Å². The van der Waals surface area contributed by atoms with Crippen molar-refractivity contribution in [1.82, 2.24) is 29.3 Å². The number of aryl methyl sites for hydroxylation is 1. The fourth-order valence-electron chi connectivity index (χ4n) is 3.38. The van der Waals surface area contributed by atoms with Crippen molar-refractivity contribution < 1.29 is 0 Å². The van der Waals surface area contributed by atoms with Gasteiger partial charge in [-0.1, -0.05) is 0 Å². The van der Waals surface area contributed by atoms with Crippen molar-refractivity contribution in [3.8, 4) is 0 Å². The van der Waals surface area contributed by atoms with Crippen molar-refractivity contribution in [2.45, 2.75) is 25.4 Å². The van der Waals surface area contributed by atoms with Gasteiger partial charge in [0.1, 0.15) is 11.2 Å². The quantitative estimate of drug-likeness (QED) is 0.581. The molecular formula is C15H14N6. The predicted molar refractivity (Wildman–Crippen MR) is 79.0 cm³/mol. The van der Waals surface area contributed by atoms with Crippen LogP contribution in [0.3, 0.4) is 0 Å². The van der Waals surface area contributed by atoms with Gasteiger partial charge in [-0.05, 0) is 25.0 Å². The zero-order chi connectivity index (χ0) is 13.8. The summed E-state index contributed by atoms with van der Waals surface area (Å²) in [6.07, 6.45) is 9.78. The van der Waals surface area contributed by atoms with Crippen molar-refractivity contribution in [3.63, 3.8) is 0 Å². The fourth-order valence-corrected chi connectivity index (χ4v) is 3.38. The number of pyridine rings is 1. The Bertz CT molecular complexity index is 943. The van der Waals surface area contributed by atoms with Crippen LogP contribution in [0.25, 0.3) is 22.1 Å². The Kier molecular flexibility index (Phi) is 2.08. The molecule has 0 amide bonds. The molecule has 0 spiro atoms. The number of H-pyrrole nitrogens is 1. The van der Waals surface area contributed by atoms with Crippen LogP contribution in [-0.4, -0.2) is 29.3 Å². The first kappa shape index (κ1) is 11.1. The zero-order valence-electron chi connectivity index (χ0n) is 11.4. The maximum absolute atomic E-state index is 4.52. The van der Waals surface area contributed by atoms with E-state index in [4.69, 9.17) is 0 Å². The summed E-state index contributed by atoms with van der Waals surface area (Å²) in [4.78, 5) is 12.1. The van der Waals surface area contributed by atoms with Crippen LogP contribution in [0, 0.1) is 0 Å².